The lowest BCUT2D eigenvalue weighted by Gasteiger charge is -2.57. The van der Waals surface area contributed by atoms with Gasteiger partial charge in [-0.05, 0) is 62.0 Å². The van der Waals surface area contributed by atoms with Crippen molar-refractivity contribution in [2.24, 2.45) is 28.6 Å². The Morgan fingerprint density at radius 2 is 1.93 bits per heavy atom. The highest BCUT2D eigenvalue weighted by molar-refractivity contribution is 5.95. The number of allylic oxidation sites excluding steroid dienone is 4. The van der Waals surface area contributed by atoms with Crippen LogP contribution < -0.4 is 0 Å². The lowest BCUT2D eigenvalue weighted by atomic mass is 9.48. The van der Waals surface area contributed by atoms with E-state index in [1.54, 1.807) is 6.20 Å². The molecule has 2 fully saturated rings. The summed E-state index contributed by atoms with van der Waals surface area (Å²) in [6.07, 6.45) is 11.8. The summed E-state index contributed by atoms with van der Waals surface area (Å²) in [5.74, 6) is 1.10. The van der Waals surface area contributed by atoms with Crippen LogP contribution in [0.3, 0.4) is 0 Å². The first-order valence-corrected chi connectivity index (χ1v) is 11.1. The summed E-state index contributed by atoms with van der Waals surface area (Å²) < 4.78 is 0. The number of Topliss-reactive ketones (excluding diaryl/α,β-unsaturated/α-hetero) is 1. The number of hydrogen-bond acceptors (Lipinski definition) is 4. The largest absolute Gasteiger partial charge is 0.504 e. The number of hydrogen-bond donors (Lipinski definition) is 2. The second-order valence-electron chi connectivity index (χ2n) is 10.3. The normalized spacial score (nSPS) is 43.7. The maximum absolute atomic E-state index is 12.1. The Morgan fingerprint density at radius 3 is 2.69 bits per heavy atom. The highest BCUT2D eigenvalue weighted by atomic mass is 16.3. The van der Waals surface area contributed by atoms with E-state index in [-0.39, 0.29) is 22.4 Å². The van der Waals surface area contributed by atoms with E-state index < -0.39 is 5.60 Å². The minimum absolute atomic E-state index is 0.0140. The summed E-state index contributed by atoms with van der Waals surface area (Å²) in [6.45, 7) is 4.52. The van der Waals surface area contributed by atoms with Crippen LogP contribution in [0.5, 0.6) is 0 Å². The zero-order valence-electron chi connectivity index (χ0n) is 17.4. The van der Waals surface area contributed by atoms with Crippen LogP contribution in [-0.4, -0.2) is 26.6 Å². The smallest absolute Gasteiger partial charge is 0.197 e. The molecule has 0 aromatic carbocycles. The predicted molar refractivity (Wildman–Crippen MR) is 111 cm³/mol. The van der Waals surface area contributed by atoms with Gasteiger partial charge in [0, 0.05) is 41.1 Å². The molecule has 4 aliphatic carbocycles. The average molecular weight is 394 g/mol. The number of aliphatic hydroxyl groups is 2. The number of carbonyl (C=O) groups excluding carboxylic acids is 1. The van der Waals surface area contributed by atoms with Crippen molar-refractivity contribution in [2.45, 2.75) is 64.4 Å². The molecule has 29 heavy (non-hydrogen) atoms. The predicted octanol–water partition coefficient (Wildman–Crippen LogP) is 4.55. The average Bonchev–Trinajstić information content (AvgIpc) is 2.97. The number of nitrogens with zero attached hydrogens (tertiary/aromatic N) is 1. The molecule has 0 saturated heterocycles. The van der Waals surface area contributed by atoms with Crippen LogP contribution in [-0.2, 0) is 11.2 Å². The summed E-state index contributed by atoms with van der Waals surface area (Å²) in [6, 6.07) is 5.92. The summed E-state index contributed by atoms with van der Waals surface area (Å²) in [5, 5.41) is 22.3. The third kappa shape index (κ3) is 2.54. The second kappa shape index (κ2) is 6.28. The molecule has 4 nitrogen and oxygen atoms in total. The monoisotopic (exact) mass is 393 g/mol. The molecule has 1 aromatic heterocycles. The lowest BCUT2D eigenvalue weighted by molar-refractivity contribution is -0.123. The third-order valence-electron chi connectivity index (χ3n) is 9.16. The maximum atomic E-state index is 12.1. The van der Waals surface area contributed by atoms with Crippen molar-refractivity contribution in [2.75, 3.05) is 0 Å². The molecule has 0 bridgehead atoms. The van der Waals surface area contributed by atoms with Crippen LogP contribution in [0.4, 0.5) is 0 Å². The van der Waals surface area contributed by atoms with Crippen molar-refractivity contribution < 1.29 is 15.0 Å². The summed E-state index contributed by atoms with van der Waals surface area (Å²) >= 11 is 0. The maximum Gasteiger partial charge on any atom is 0.197 e. The van der Waals surface area contributed by atoms with Gasteiger partial charge in [0.2, 0.25) is 0 Å². The molecule has 5 rings (SSSR count). The van der Waals surface area contributed by atoms with E-state index in [1.807, 2.05) is 24.3 Å². The molecule has 0 spiro atoms. The van der Waals surface area contributed by atoms with Crippen LogP contribution in [0.2, 0.25) is 0 Å². The van der Waals surface area contributed by atoms with E-state index in [0.29, 0.717) is 30.6 Å². The molecule has 154 valence electrons. The van der Waals surface area contributed by atoms with Crippen molar-refractivity contribution in [3.8, 4) is 0 Å². The number of aliphatic hydroxyl groups excluding tert-OH is 1. The number of ketones is 1. The zero-order valence-corrected chi connectivity index (χ0v) is 17.4. The number of fused-ring (bicyclic) bond motifs is 5. The Labute approximate surface area is 172 Å². The molecule has 2 saturated carbocycles. The standard InChI is InChI=1S/C25H31NO3/c1-23-11-10-21(27)22(28)20(23)7-6-17-18(23)8-12-24(2)19(17)9-13-25(24,29)15-16-5-3-4-14-26-16/h3-7,14,17-19,28-29H,8-13,15H2,1-2H3/t17-,18+,19+,23-,24+,25-/m1/s1. The zero-order chi connectivity index (χ0) is 20.4. The Hall–Kier alpha value is -1.94. The minimum Gasteiger partial charge on any atom is -0.504 e. The summed E-state index contributed by atoms with van der Waals surface area (Å²) in [5.41, 5.74) is 0.805. The number of rotatable bonds is 2. The fraction of sp³-hybridized carbons (Fsp3) is 0.600. The van der Waals surface area contributed by atoms with Gasteiger partial charge in [-0.1, -0.05) is 32.1 Å². The van der Waals surface area contributed by atoms with Gasteiger partial charge in [-0.25, -0.2) is 0 Å². The van der Waals surface area contributed by atoms with Gasteiger partial charge >= 0.3 is 0 Å². The summed E-state index contributed by atoms with van der Waals surface area (Å²) in [4.78, 5) is 16.5. The van der Waals surface area contributed by atoms with Crippen LogP contribution >= 0.6 is 0 Å². The topological polar surface area (TPSA) is 70.4 Å². The van der Waals surface area contributed by atoms with Gasteiger partial charge < -0.3 is 10.2 Å². The molecule has 4 aliphatic rings. The summed E-state index contributed by atoms with van der Waals surface area (Å²) in [7, 11) is 0. The van der Waals surface area contributed by atoms with Gasteiger partial charge in [0.05, 0.1) is 5.60 Å². The second-order valence-corrected chi connectivity index (χ2v) is 10.3. The van der Waals surface area contributed by atoms with Crippen molar-refractivity contribution >= 4 is 5.78 Å². The van der Waals surface area contributed by atoms with Gasteiger partial charge in [-0.2, -0.15) is 0 Å². The van der Waals surface area contributed by atoms with Gasteiger partial charge in [0.25, 0.3) is 0 Å². The molecule has 1 aromatic rings. The van der Waals surface area contributed by atoms with Crippen molar-refractivity contribution in [1.82, 2.24) is 4.98 Å². The third-order valence-corrected chi connectivity index (χ3v) is 9.16. The van der Waals surface area contributed by atoms with Crippen LogP contribution in [0, 0.1) is 28.6 Å². The van der Waals surface area contributed by atoms with Gasteiger partial charge in [-0.15, -0.1) is 0 Å². The first-order valence-electron chi connectivity index (χ1n) is 11.1. The van der Waals surface area contributed by atoms with Gasteiger partial charge in [0.1, 0.15) is 0 Å². The molecule has 2 N–H and O–H groups in total. The Bertz CT molecular complexity index is 906. The molecule has 4 heteroatoms. The fourth-order valence-corrected chi connectivity index (χ4v) is 7.32. The van der Waals surface area contributed by atoms with Crippen LogP contribution in [0.25, 0.3) is 0 Å². The number of aromatic nitrogens is 1. The molecule has 0 amide bonds. The lowest BCUT2D eigenvalue weighted by Crippen LogP contribution is -2.54. The molecule has 6 atom stereocenters. The van der Waals surface area contributed by atoms with Crippen LogP contribution in [0.15, 0.2) is 47.9 Å². The Kier molecular flexibility index (Phi) is 4.12. The van der Waals surface area contributed by atoms with Crippen molar-refractivity contribution in [3.63, 3.8) is 0 Å². The Morgan fingerprint density at radius 1 is 1.14 bits per heavy atom. The molecular weight excluding hydrogens is 362 g/mol. The molecule has 0 aliphatic heterocycles. The van der Waals surface area contributed by atoms with E-state index >= 15 is 0 Å². The Balaban J connectivity index is 1.50. The molecule has 0 radical (unpaired) electrons. The molecule has 0 unspecified atom stereocenters. The van der Waals surface area contributed by atoms with E-state index in [4.69, 9.17) is 0 Å². The molecular formula is C25H31NO3. The quantitative estimate of drug-likeness (QED) is 0.773. The van der Waals surface area contributed by atoms with Gasteiger partial charge in [0.15, 0.2) is 11.5 Å². The van der Waals surface area contributed by atoms with E-state index in [2.05, 4.69) is 24.9 Å². The van der Waals surface area contributed by atoms with E-state index in [1.165, 1.54) is 0 Å². The van der Waals surface area contributed by atoms with Crippen LogP contribution in [0.1, 0.15) is 58.1 Å². The number of carbonyl (C=O) groups is 1. The first kappa shape index (κ1) is 19.0. The SMILES string of the molecule is C[C@]12CCC(=O)C(O)=C1C=C[C@@H]1[C@@H]2CC[C@@]2(C)[C@H]1CC[C@@]2(O)Cc1ccccn1. The highest BCUT2D eigenvalue weighted by Gasteiger charge is 2.63. The van der Waals surface area contributed by atoms with Gasteiger partial charge in [-0.3, -0.25) is 9.78 Å². The van der Waals surface area contributed by atoms with E-state index in [9.17, 15) is 15.0 Å². The van der Waals surface area contributed by atoms with Crippen molar-refractivity contribution in [3.05, 3.63) is 53.6 Å². The molecule has 1 heterocycles. The minimum atomic E-state index is -0.730. The van der Waals surface area contributed by atoms with E-state index in [0.717, 1.165) is 43.4 Å². The number of pyridine rings is 1. The first-order chi connectivity index (χ1) is 13.8. The fourth-order valence-electron chi connectivity index (χ4n) is 7.32. The highest BCUT2D eigenvalue weighted by Crippen LogP contribution is 2.66. The van der Waals surface area contributed by atoms with Crippen molar-refractivity contribution in [1.29, 1.82) is 0 Å².